The first-order valence-electron chi connectivity index (χ1n) is 5.82. The van der Waals surface area contributed by atoms with E-state index >= 15 is 0 Å². The van der Waals surface area contributed by atoms with E-state index in [2.05, 4.69) is 5.32 Å². The van der Waals surface area contributed by atoms with Gasteiger partial charge >= 0.3 is 0 Å². The molecule has 3 N–H and O–H groups in total. The van der Waals surface area contributed by atoms with Gasteiger partial charge in [-0.15, -0.1) is 0 Å². The lowest BCUT2D eigenvalue weighted by Gasteiger charge is -2.21. The van der Waals surface area contributed by atoms with Gasteiger partial charge in [-0.2, -0.15) is 0 Å². The molecule has 0 aliphatic carbocycles. The Balaban J connectivity index is 2.56. The van der Waals surface area contributed by atoms with Crippen LogP contribution >= 0.6 is 0 Å². The zero-order chi connectivity index (χ0) is 13.5. The standard InChI is InChI=1S/C13H19N3O2/c1-15-11(17)8-9-16(2)13(18)12(14)10-6-4-3-5-7-10/h3-7,12H,8-9,14H2,1-2H3,(H,15,17)/t12-/m1/s1. The zero-order valence-electron chi connectivity index (χ0n) is 10.7. The first kappa shape index (κ1) is 14.2. The summed E-state index contributed by atoms with van der Waals surface area (Å²) in [6.45, 7) is 0.360. The van der Waals surface area contributed by atoms with Gasteiger partial charge in [0.1, 0.15) is 6.04 Å². The van der Waals surface area contributed by atoms with Crippen LogP contribution < -0.4 is 11.1 Å². The highest BCUT2D eigenvalue weighted by molar-refractivity contribution is 5.83. The third kappa shape index (κ3) is 3.85. The van der Waals surface area contributed by atoms with Gasteiger partial charge in [-0.05, 0) is 5.56 Å². The minimum Gasteiger partial charge on any atom is -0.359 e. The third-order valence-electron chi connectivity index (χ3n) is 2.75. The van der Waals surface area contributed by atoms with Gasteiger partial charge < -0.3 is 16.0 Å². The lowest BCUT2D eigenvalue weighted by Crippen LogP contribution is -2.37. The quantitative estimate of drug-likeness (QED) is 0.787. The fraction of sp³-hybridized carbons (Fsp3) is 0.385. The highest BCUT2D eigenvalue weighted by atomic mass is 16.2. The molecule has 0 radical (unpaired) electrons. The monoisotopic (exact) mass is 249 g/mol. The molecule has 98 valence electrons. The summed E-state index contributed by atoms with van der Waals surface area (Å²) in [7, 11) is 3.22. The number of nitrogens with zero attached hydrogens (tertiary/aromatic N) is 1. The molecule has 0 spiro atoms. The van der Waals surface area contributed by atoms with Crippen LogP contribution in [-0.4, -0.2) is 37.4 Å². The Bertz CT molecular complexity index is 406. The number of hydrogen-bond donors (Lipinski definition) is 2. The van der Waals surface area contributed by atoms with E-state index in [0.29, 0.717) is 6.54 Å². The minimum atomic E-state index is -0.680. The Morgan fingerprint density at radius 3 is 2.50 bits per heavy atom. The van der Waals surface area contributed by atoms with Gasteiger partial charge in [-0.1, -0.05) is 30.3 Å². The lowest BCUT2D eigenvalue weighted by atomic mass is 10.1. The molecule has 1 atom stereocenters. The van der Waals surface area contributed by atoms with Crippen LogP contribution in [0.2, 0.25) is 0 Å². The van der Waals surface area contributed by atoms with Crippen molar-refractivity contribution in [3.8, 4) is 0 Å². The van der Waals surface area contributed by atoms with Crippen molar-refractivity contribution in [3.63, 3.8) is 0 Å². The second kappa shape index (κ2) is 6.76. The van der Waals surface area contributed by atoms with E-state index in [-0.39, 0.29) is 18.2 Å². The predicted molar refractivity (Wildman–Crippen MR) is 69.7 cm³/mol. The van der Waals surface area contributed by atoms with Crippen molar-refractivity contribution in [2.45, 2.75) is 12.5 Å². The fourth-order valence-corrected chi connectivity index (χ4v) is 1.54. The second-order valence-electron chi connectivity index (χ2n) is 4.07. The van der Waals surface area contributed by atoms with Crippen molar-refractivity contribution in [2.24, 2.45) is 5.73 Å². The smallest absolute Gasteiger partial charge is 0.243 e. The van der Waals surface area contributed by atoms with Gasteiger partial charge in [-0.25, -0.2) is 0 Å². The van der Waals surface area contributed by atoms with Gasteiger partial charge in [0.05, 0.1) is 0 Å². The Kier molecular flexibility index (Phi) is 5.32. The predicted octanol–water partition coefficient (Wildman–Crippen LogP) is 0.281. The molecule has 0 fully saturated rings. The molecule has 0 aromatic heterocycles. The average molecular weight is 249 g/mol. The number of carbonyl (C=O) groups is 2. The topological polar surface area (TPSA) is 75.4 Å². The Labute approximate surface area is 107 Å². The van der Waals surface area contributed by atoms with Crippen LogP contribution in [0, 0.1) is 0 Å². The summed E-state index contributed by atoms with van der Waals surface area (Å²) in [5.74, 6) is -0.284. The van der Waals surface area contributed by atoms with Gasteiger partial charge in [0.15, 0.2) is 0 Å². The number of benzene rings is 1. The fourth-order valence-electron chi connectivity index (χ4n) is 1.54. The van der Waals surface area contributed by atoms with Crippen LogP contribution in [0.15, 0.2) is 30.3 Å². The number of nitrogens with one attached hydrogen (secondary N) is 1. The van der Waals surface area contributed by atoms with E-state index in [1.807, 2.05) is 30.3 Å². The molecule has 0 unspecified atom stereocenters. The van der Waals surface area contributed by atoms with E-state index in [0.717, 1.165) is 5.56 Å². The second-order valence-corrected chi connectivity index (χ2v) is 4.07. The zero-order valence-corrected chi connectivity index (χ0v) is 10.7. The average Bonchev–Trinajstić information content (AvgIpc) is 2.43. The molecule has 18 heavy (non-hydrogen) atoms. The van der Waals surface area contributed by atoms with Gasteiger partial charge in [-0.3, -0.25) is 9.59 Å². The van der Waals surface area contributed by atoms with Crippen LogP contribution in [0.4, 0.5) is 0 Å². The van der Waals surface area contributed by atoms with Crippen molar-refractivity contribution >= 4 is 11.8 Å². The summed E-state index contributed by atoms with van der Waals surface area (Å²) in [6, 6.07) is 8.50. The van der Waals surface area contributed by atoms with E-state index in [1.165, 1.54) is 4.90 Å². The maximum Gasteiger partial charge on any atom is 0.243 e. The number of likely N-dealkylation sites (N-methyl/N-ethyl adjacent to an activating group) is 1. The van der Waals surface area contributed by atoms with Crippen molar-refractivity contribution in [1.29, 1.82) is 0 Å². The summed E-state index contributed by atoms with van der Waals surface area (Å²) in [5.41, 5.74) is 6.66. The van der Waals surface area contributed by atoms with Crippen LogP contribution in [0.25, 0.3) is 0 Å². The summed E-state index contributed by atoms with van der Waals surface area (Å²) in [4.78, 5) is 24.6. The van der Waals surface area contributed by atoms with E-state index in [9.17, 15) is 9.59 Å². The molecule has 0 saturated carbocycles. The number of hydrogen-bond acceptors (Lipinski definition) is 3. The molecule has 5 nitrogen and oxygen atoms in total. The molecular formula is C13H19N3O2. The van der Waals surface area contributed by atoms with Crippen molar-refractivity contribution < 1.29 is 9.59 Å². The first-order valence-corrected chi connectivity index (χ1v) is 5.82. The van der Waals surface area contributed by atoms with Crippen LogP contribution in [-0.2, 0) is 9.59 Å². The molecule has 0 aliphatic heterocycles. The normalized spacial score (nSPS) is 11.7. The number of rotatable bonds is 5. The molecule has 1 aromatic carbocycles. The van der Waals surface area contributed by atoms with Gasteiger partial charge in [0.25, 0.3) is 0 Å². The van der Waals surface area contributed by atoms with E-state index < -0.39 is 6.04 Å². The molecule has 0 saturated heterocycles. The molecule has 0 bridgehead atoms. The van der Waals surface area contributed by atoms with Crippen LogP contribution in [0.5, 0.6) is 0 Å². The molecule has 0 heterocycles. The Morgan fingerprint density at radius 1 is 1.33 bits per heavy atom. The Hall–Kier alpha value is -1.88. The maximum atomic E-state index is 12.0. The number of amides is 2. The largest absolute Gasteiger partial charge is 0.359 e. The molecule has 1 rings (SSSR count). The first-order chi connectivity index (χ1) is 8.56. The third-order valence-corrected chi connectivity index (χ3v) is 2.75. The molecule has 1 aromatic rings. The Morgan fingerprint density at radius 2 is 1.94 bits per heavy atom. The summed E-state index contributed by atoms with van der Waals surface area (Å²) in [6.07, 6.45) is 0.278. The number of nitrogens with two attached hydrogens (primary N) is 1. The van der Waals surface area contributed by atoms with E-state index in [1.54, 1.807) is 14.1 Å². The molecule has 2 amide bonds. The summed E-state index contributed by atoms with van der Waals surface area (Å²) in [5, 5.41) is 2.51. The highest BCUT2D eigenvalue weighted by Crippen LogP contribution is 2.12. The van der Waals surface area contributed by atoms with Gasteiger partial charge in [0, 0.05) is 27.1 Å². The SMILES string of the molecule is CNC(=O)CCN(C)C(=O)[C@H](N)c1ccccc1. The lowest BCUT2D eigenvalue weighted by molar-refractivity contribution is -0.132. The minimum absolute atomic E-state index is 0.0945. The van der Waals surface area contributed by atoms with Crippen molar-refractivity contribution in [1.82, 2.24) is 10.2 Å². The van der Waals surface area contributed by atoms with Gasteiger partial charge in [0.2, 0.25) is 11.8 Å². The summed E-state index contributed by atoms with van der Waals surface area (Å²) >= 11 is 0. The molecule has 5 heteroatoms. The van der Waals surface area contributed by atoms with E-state index in [4.69, 9.17) is 5.73 Å². The van der Waals surface area contributed by atoms with Crippen LogP contribution in [0.3, 0.4) is 0 Å². The van der Waals surface area contributed by atoms with Crippen molar-refractivity contribution in [2.75, 3.05) is 20.6 Å². The maximum absolute atomic E-state index is 12.0. The van der Waals surface area contributed by atoms with Crippen molar-refractivity contribution in [3.05, 3.63) is 35.9 Å². The molecule has 0 aliphatic rings. The van der Waals surface area contributed by atoms with Crippen LogP contribution in [0.1, 0.15) is 18.0 Å². The molecular weight excluding hydrogens is 230 g/mol. The summed E-state index contributed by atoms with van der Waals surface area (Å²) < 4.78 is 0. The highest BCUT2D eigenvalue weighted by Gasteiger charge is 2.19. The number of carbonyl (C=O) groups excluding carboxylic acids is 2.